The molecular formula is C15H15BrO. The summed E-state index contributed by atoms with van der Waals surface area (Å²) in [6, 6.07) is 7.90. The standard InChI is InChI=1S/C15H15BrO/c16-14-9-5-4-6-12(14)10-11-15(17)13-7-2-1-3-8-13/h4-7,9-11H,1-3,8H2. The fourth-order valence-corrected chi connectivity index (χ4v) is 2.36. The number of carbonyl (C=O) groups excluding carboxylic acids is 1. The third-order valence-corrected chi connectivity index (χ3v) is 3.65. The molecule has 0 saturated carbocycles. The van der Waals surface area contributed by atoms with E-state index in [4.69, 9.17) is 0 Å². The van der Waals surface area contributed by atoms with Gasteiger partial charge < -0.3 is 0 Å². The molecule has 2 rings (SSSR count). The zero-order valence-electron chi connectivity index (χ0n) is 9.66. The largest absolute Gasteiger partial charge is 0.290 e. The van der Waals surface area contributed by atoms with Crippen LogP contribution in [0.1, 0.15) is 31.2 Å². The molecule has 0 aromatic heterocycles. The summed E-state index contributed by atoms with van der Waals surface area (Å²) in [6.07, 6.45) is 9.96. The van der Waals surface area contributed by atoms with Gasteiger partial charge in [-0.05, 0) is 55.0 Å². The van der Waals surface area contributed by atoms with E-state index in [1.165, 1.54) is 6.42 Å². The number of ketones is 1. The van der Waals surface area contributed by atoms with Crippen LogP contribution < -0.4 is 0 Å². The van der Waals surface area contributed by atoms with Crippen molar-refractivity contribution in [2.45, 2.75) is 25.7 Å². The highest BCUT2D eigenvalue weighted by atomic mass is 79.9. The molecule has 0 spiro atoms. The maximum atomic E-state index is 11.9. The second-order valence-electron chi connectivity index (χ2n) is 4.19. The third-order valence-electron chi connectivity index (χ3n) is 2.93. The van der Waals surface area contributed by atoms with E-state index in [2.05, 4.69) is 22.0 Å². The predicted octanol–water partition coefficient (Wildman–Crippen LogP) is 4.53. The number of allylic oxidation sites excluding steroid dienone is 3. The van der Waals surface area contributed by atoms with Crippen LogP contribution >= 0.6 is 15.9 Å². The minimum atomic E-state index is 0.153. The van der Waals surface area contributed by atoms with E-state index in [1.54, 1.807) is 6.08 Å². The van der Waals surface area contributed by atoms with Gasteiger partial charge in [-0.15, -0.1) is 0 Å². The van der Waals surface area contributed by atoms with Gasteiger partial charge in [0.25, 0.3) is 0 Å². The summed E-state index contributed by atoms with van der Waals surface area (Å²) in [4.78, 5) is 11.9. The lowest BCUT2D eigenvalue weighted by Gasteiger charge is -2.09. The normalized spacial score (nSPS) is 15.9. The Morgan fingerprint density at radius 2 is 2.06 bits per heavy atom. The summed E-state index contributed by atoms with van der Waals surface area (Å²) in [5, 5.41) is 0. The zero-order chi connectivity index (χ0) is 12.1. The van der Waals surface area contributed by atoms with E-state index in [1.807, 2.05) is 30.3 Å². The Bertz CT molecular complexity index is 472. The summed E-state index contributed by atoms with van der Waals surface area (Å²) >= 11 is 3.47. The van der Waals surface area contributed by atoms with Crippen molar-refractivity contribution in [1.29, 1.82) is 0 Å². The second kappa shape index (κ2) is 5.97. The Labute approximate surface area is 110 Å². The van der Waals surface area contributed by atoms with Crippen molar-refractivity contribution in [3.8, 4) is 0 Å². The van der Waals surface area contributed by atoms with Crippen LogP contribution in [0.2, 0.25) is 0 Å². The topological polar surface area (TPSA) is 17.1 Å². The highest BCUT2D eigenvalue weighted by molar-refractivity contribution is 9.10. The van der Waals surface area contributed by atoms with Gasteiger partial charge in [0.1, 0.15) is 0 Å². The van der Waals surface area contributed by atoms with Crippen LogP contribution in [0.3, 0.4) is 0 Å². The SMILES string of the molecule is O=C(C=Cc1ccccc1Br)C1=CCCCC1. The van der Waals surface area contributed by atoms with Crippen molar-refractivity contribution in [3.05, 3.63) is 52.0 Å². The lowest BCUT2D eigenvalue weighted by Crippen LogP contribution is -2.02. The molecule has 1 aliphatic rings. The molecule has 0 aliphatic heterocycles. The van der Waals surface area contributed by atoms with Gasteiger partial charge >= 0.3 is 0 Å². The van der Waals surface area contributed by atoms with Gasteiger partial charge in [0.05, 0.1) is 0 Å². The van der Waals surface area contributed by atoms with Gasteiger partial charge in [0.2, 0.25) is 0 Å². The van der Waals surface area contributed by atoms with Crippen molar-refractivity contribution >= 4 is 27.8 Å². The van der Waals surface area contributed by atoms with Crippen LogP contribution in [0, 0.1) is 0 Å². The van der Waals surface area contributed by atoms with Crippen molar-refractivity contribution in [2.24, 2.45) is 0 Å². The van der Waals surface area contributed by atoms with Gasteiger partial charge in [0, 0.05) is 4.47 Å². The first-order chi connectivity index (χ1) is 8.27. The lowest BCUT2D eigenvalue weighted by atomic mass is 9.96. The molecule has 1 nitrogen and oxygen atoms in total. The van der Waals surface area contributed by atoms with E-state index in [9.17, 15) is 4.79 Å². The number of hydrogen-bond acceptors (Lipinski definition) is 1. The monoisotopic (exact) mass is 290 g/mol. The summed E-state index contributed by atoms with van der Waals surface area (Å²) in [5.41, 5.74) is 2.01. The fraction of sp³-hybridized carbons (Fsp3) is 0.267. The third kappa shape index (κ3) is 3.40. The Morgan fingerprint density at radius 3 is 2.76 bits per heavy atom. The smallest absolute Gasteiger partial charge is 0.181 e. The molecule has 1 aliphatic carbocycles. The molecule has 2 heteroatoms. The molecule has 1 aromatic carbocycles. The lowest BCUT2D eigenvalue weighted by molar-refractivity contribution is -0.111. The van der Waals surface area contributed by atoms with Crippen LogP contribution in [0.25, 0.3) is 6.08 Å². The number of halogens is 1. The molecule has 0 bridgehead atoms. The second-order valence-corrected chi connectivity index (χ2v) is 5.05. The van der Waals surface area contributed by atoms with Crippen LogP contribution in [0.4, 0.5) is 0 Å². The Morgan fingerprint density at radius 1 is 1.24 bits per heavy atom. The van der Waals surface area contributed by atoms with Gasteiger partial charge in [-0.25, -0.2) is 0 Å². The van der Waals surface area contributed by atoms with E-state index in [-0.39, 0.29) is 5.78 Å². The first kappa shape index (κ1) is 12.3. The number of benzene rings is 1. The van der Waals surface area contributed by atoms with E-state index >= 15 is 0 Å². The summed E-state index contributed by atoms with van der Waals surface area (Å²) in [7, 11) is 0. The Hall–Kier alpha value is -1.15. The van der Waals surface area contributed by atoms with Crippen LogP contribution in [-0.2, 0) is 4.79 Å². The highest BCUT2D eigenvalue weighted by Crippen LogP contribution is 2.20. The molecular weight excluding hydrogens is 276 g/mol. The maximum Gasteiger partial charge on any atom is 0.181 e. The minimum Gasteiger partial charge on any atom is -0.290 e. The number of carbonyl (C=O) groups is 1. The van der Waals surface area contributed by atoms with Crippen molar-refractivity contribution in [2.75, 3.05) is 0 Å². The Balaban J connectivity index is 2.08. The molecule has 0 unspecified atom stereocenters. The number of rotatable bonds is 3. The maximum absolute atomic E-state index is 11.9. The summed E-state index contributed by atoms with van der Waals surface area (Å²) in [6.45, 7) is 0. The van der Waals surface area contributed by atoms with Crippen molar-refractivity contribution < 1.29 is 4.79 Å². The molecule has 0 heterocycles. The van der Waals surface area contributed by atoms with E-state index in [0.717, 1.165) is 34.9 Å². The first-order valence-corrected chi connectivity index (χ1v) is 6.72. The van der Waals surface area contributed by atoms with Crippen molar-refractivity contribution in [1.82, 2.24) is 0 Å². The number of hydrogen-bond donors (Lipinski definition) is 0. The van der Waals surface area contributed by atoms with Crippen molar-refractivity contribution in [3.63, 3.8) is 0 Å². The van der Waals surface area contributed by atoms with E-state index < -0.39 is 0 Å². The fourth-order valence-electron chi connectivity index (χ4n) is 1.94. The van der Waals surface area contributed by atoms with Crippen LogP contribution in [0.5, 0.6) is 0 Å². The summed E-state index contributed by atoms with van der Waals surface area (Å²) < 4.78 is 1.02. The average molecular weight is 291 g/mol. The zero-order valence-corrected chi connectivity index (χ0v) is 11.2. The summed E-state index contributed by atoms with van der Waals surface area (Å²) in [5.74, 6) is 0.153. The molecule has 17 heavy (non-hydrogen) atoms. The minimum absolute atomic E-state index is 0.153. The van der Waals surface area contributed by atoms with Crippen LogP contribution in [0.15, 0.2) is 46.5 Å². The molecule has 88 valence electrons. The molecule has 0 radical (unpaired) electrons. The molecule has 0 fully saturated rings. The van der Waals surface area contributed by atoms with Gasteiger partial charge in [-0.1, -0.05) is 40.2 Å². The molecule has 1 aromatic rings. The highest BCUT2D eigenvalue weighted by Gasteiger charge is 2.09. The van der Waals surface area contributed by atoms with Crippen LogP contribution in [-0.4, -0.2) is 5.78 Å². The van der Waals surface area contributed by atoms with Gasteiger partial charge in [0.15, 0.2) is 5.78 Å². The molecule has 0 saturated heterocycles. The molecule has 0 amide bonds. The van der Waals surface area contributed by atoms with Gasteiger partial charge in [-0.3, -0.25) is 4.79 Å². The van der Waals surface area contributed by atoms with Gasteiger partial charge in [-0.2, -0.15) is 0 Å². The first-order valence-electron chi connectivity index (χ1n) is 5.93. The predicted molar refractivity (Wildman–Crippen MR) is 74.7 cm³/mol. The van der Waals surface area contributed by atoms with E-state index in [0.29, 0.717) is 0 Å². The molecule has 0 atom stereocenters. The quantitative estimate of drug-likeness (QED) is 0.748. The molecule has 0 N–H and O–H groups in total. The Kier molecular flexibility index (Phi) is 4.32. The average Bonchev–Trinajstić information content (AvgIpc) is 2.38.